The third-order valence-corrected chi connectivity index (χ3v) is 7.03. The van der Waals surface area contributed by atoms with Crippen LogP contribution < -0.4 is 5.32 Å². The maximum atomic E-state index is 12.6. The molecule has 1 heterocycles. The summed E-state index contributed by atoms with van der Waals surface area (Å²) < 4.78 is 0. The van der Waals surface area contributed by atoms with Gasteiger partial charge in [-0.2, -0.15) is 0 Å². The monoisotopic (exact) mass is 347 g/mol. The van der Waals surface area contributed by atoms with Crippen LogP contribution in [0.1, 0.15) is 56.5 Å². The third kappa shape index (κ3) is 3.61. The van der Waals surface area contributed by atoms with E-state index >= 15 is 0 Å². The molecular weight excluding hydrogens is 318 g/mol. The molecule has 5 heteroatoms. The van der Waals surface area contributed by atoms with Crippen molar-refractivity contribution in [2.45, 2.75) is 76.8 Å². The largest absolute Gasteiger partial charge is 0.352 e. The second-order valence-corrected chi connectivity index (χ2v) is 9.01. The zero-order chi connectivity index (χ0) is 17.4. The molecule has 5 atom stereocenters. The highest BCUT2D eigenvalue weighted by Gasteiger charge is 2.42. The molecule has 24 heavy (non-hydrogen) atoms. The SMILES string of the molecule is Cc1nc(SC(C)C(=O)NC(C)C2CC3CCC2C3)nc(C)c1C. The summed E-state index contributed by atoms with van der Waals surface area (Å²) in [6.07, 6.45) is 5.44. The van der Waals surface area contributed by atoms with E-state index in [1.165, 1.54) is 37.4 Å². The first-order valence-corrected chi connectivity index (χ1v) is 10.0. The number of aromatic nitrogens is 2. The molecule has 0 radical (unpaired) electrons. The van der Waals surface area contributed by atoms with Crippen molar-refractivity contribution in [3.05, 3.63) is 17.0 Å². The number of hydrogen-bond acceptors (Lipinski definition) is 4. The van der Waals surface area contributed by atoms with E-state index in [0.717, 1.165) is 28.8 Å². The average Bonchev–Trinajstić information content (AvgIpc) is 3.15. The van der Waals surface area contributed by atoms with Crippen LogP contribution in [-0.4, -0.2) is 27.2 Å². The molecule has 1 aromatic heterocycles. The Morgan fingerprint density at radius 3 is 2.33 bits per heavy atom. The zero-order valence-corrected chi connectivity index (χ0v) is 16.2. The predicted octanol–water partition coefficient (Wildman–Crippen LogP) is 3.82. The van der Waals surface area contributed by atoms with Crippen molar-refractivity contribution in [3.63, 3.8) is 0 Å². The first kappa shape index (κ1) is 17.7. The second kappa shape index (κ2) is 7.03. The average molecular weight is 348 g/mol. The summed E-state index contributed by atoms with van der Waals surface area (Å²) in [5.74, 6) is 2.52. The number of amides is 1. The van der Waals surface area contributed by atoms with E-state index in [1.807, 2.05) is 27.7 Å². The van der Waals surface area contributed by atoms with Gasteiger partial charge in [-0.25, -0.2) is 9.97 Å². The van der Waals surface area contributed by atoms with E-state index in [9.17, 15) is 4.79 Å². The summed E-state index contributed by atoms with van der Waals surface area (Å²) in [6.45, 7) is 10.1. The number of thioether (sulfide) groups is 1. The molecule has 3 rings (SSSR count). The molecule has 0 aliphatic heterocycles. The number of nitrogens with zero attached hydrogens (tertiary/aromatic N) is 2. The molecule has 0 spiro atoms. The van der Waals surface area contributed by atoms with Crippen LogP contribution in [0.5, 0.6) is 0 Å². The molecule has 2 bridgehead atoms. The van der Waals surface area contributed by atoms with Gasteiger partial charge in [0.05, 0.1) is 5.25 Å². The van der Waals surface area contributed by atoms with Gasteiger partial charge in [0, 0.05) is 17.4 Å². The molecule has 1 aromatic rings. The van der Waals surface area contributed by atoms with Crippen LogP contribution in [0.15, 0.2) is 5.16 Å². The molecule has 1 amide bonds. The quantitative estimate of drug-likeness (QED) is 0.650. The van der Waals surface area contributed by atoms with Gasteiger partial charge < -0.3 is 5.32 Å². The lowest BCUT2D eigenvalue weighted by Gasteiger charge is -2.29. The summed E-state index contributed by atoms with van der Waals surface area (Å²) in [5.41, 5.74) is 3.11. The first-order chi connectivity index (χ1) is 11.3. The molecule has 0 aromatic carbocycles. The number of rotatable bonds is 5. The Labute approximate surface area is 149 Å². The number of fused-ring (bicyclic) bond motifs is 2. The molecule has 0 saturated heterocycles. The molecule has 5 unspecified atom stereocenters. The predicted molar refractivity (Wildman–Crippen MR) is 98.1 cm³/mol. The molecule has 1 N–H and O–H groups in total. The van der Waals surface area contributed by atoms with Gasteiger partial charge >= 0.3 is 0 Å². The molecule has 2 aliphatic rings. The minimum absolute atomic E-state index is 0.106. The first-order valence-electron chi connectivity index (χ1n) is 9.14. The van der Waals surface area contributed by atoms with Crippen molar-refractivity contribution < 1.29 is 4.79 Å². The van der Waals surface area contributed by atoms with Crippen LogP contribution in [0, 0.1) is 38.5 Å². The van der Waals surface area contributed by atoms with Gasteiger partial charge in [-0.1, -0.05) is 18.2 Å². The summed E-state index contributed by atoms with van der Waals surface area (Å²) in [5, 5.41) is 3.78. The van der Waals surface area contributed by atoms with Crippen LogP contribution in [0.2, 0.25) is 0 Å². The van der Waals surface area contributed by atoms with E-state index < -0.39 is 0 Å². The van der Waals surface area contributed by atoms with Crippen LogP contribution in [0.25, 0.3) is 0 Å². The highest BCUT2D eigenvalue weighted by Crippen LogP contribution is 2.49. The fourth-order valence-corrected chi connectivity index (χ4v) is 5.23. The Morgan fingerprint density at radius 2 is 1.79 bits per heavy atom. The van der Waals surface area contributed by atoms with E-state index in [4.69, 9.17) is 0 Å². The molecule has 132 valence electrons. The number of carbonyl (C=O) groups excluding carboxylic acids is 1. The highest BCUT2D eigenvalue weighted by atomic mass is 32.2. The maximum Gasteiger partial charge on any atom is 0.233 e. The Balaban J connectivity index is 1.57. The maximum absolute atomic E-state index is 12.6. The lowest BCUT2D eigenvalue weighted by atomic mass is 9.84. The van der Waals surface area contributed by atoms with Gasteiger partial charge in [-0.15, -0.1) is 0 Å². The smallest absolute Gasteiger partial charge is 0.233 e. The highest BCUT2D eigenvalue weighted by molar-refractivity contribution is 8.00. The van der Waals surface area contributed by atoms with Crippen molar-refractivity contribution in [1.82, 2.24) is 15.3 Å². The summed E-state index contributed by atoms with van der Waals surface area (Å²) >= 11 is 1.45. The molecule has 4 nitrogen and oxygen atoms in total. The Hall–Kier alpha value is -1.10. The van der Waals surface area contributed by atoms with Crippen LogP contribution in [-0.2, 0) is 4.79 Å². The number of nitrogens with one attached hydrogen (secondary N) is 1. The summed E-state index contributed by atoms with van der Waals surface area (Å²) in [7, 11) is 0. The molecule has 2 fully saturated rings. The standard InChI is InChI=1S/C19H29N3OS/c1-10-11(2)21-19(22-12(10)3)24-14(5)18(23)20-13(4)17-9-15-6-7-16(17)8-15/h13-17H,6-9H2,1-5H3,(H,20,23). The molecular formula is C19H29N3OS. The Kier molecular flexibility index (Phi) is 5.19. The van der Waals surface area contributed by atoms with Crippen LogP contribution >= 0.6 is 11.8 Å². The third-order valence-electron chi connectivity index (χ3n) is 6.07. The van der Waals surface area contributed by atoms with Gasteiger partial charge in [-0.3, -0.25) is 4.79 Å². The van der Waals surface area contributed by atoms with Crippen LogP contribution in [0.3, 0.4) is 0 Å². The Bertz CT molecular complexity index is 610. The Morgan fingerprint density at radius 1 is 1.12 bits per heavy atom. The van der Waals surface area contributed by atoms with E-state index in [-0.39, 0.29) is 17.2 Å². The van der Waals surface area contributed by atoms with Gasteiger partial charge in [0.15, 0.2) is 5.16 Å². The lowest BCUT2D eigenvalue weighted by Crippen LogP contribution is -2.43. The van der Waals surface area contributed by atoms with Gasteiger partial charge in [0.2, 0.25) is 5.91 Å². The fraction of sp³-hybridized carbons (Fsp3) is 0.737. The van der Waals surface area contributed by atoms with Crippen molar-refractivity contribution in [2.24, 2.45) is 17.8 Å². The minimum Gasteiger partial charge on any atom is -0.352 e. The zero-order valence-electron chi connectivity index (χ0n) is 15.4. The van der Waals surface area contributed by atoms with Gasteiger partial charge in [-0.05, 0) is 77.2 Å². The molecule has 2 aliphatic carbocycles. The van der Waals surface area contributed by atoms with E-state index in [1.54, 1.807) is 0 Å². The summed E-state index contributed by atoms with van der Waals surface area (Å²) in [4.78, 5) is 21.6. The number of aryl methyl sites for hydroxylation is 2. The fourth-order valence-electron chi connectivity index (χ4n) is 4.36. The van der Waals surface area contributed by atoms with Gasteiger partial charge in [0.25, 0.3) is 0 Å². The lowest BCUT2D eigenvalue weighted by molar-refractivity contribution is -0.121. The van der Waals surface area contributed by atoms with Crippen LogP contribution in [0.4, 0.5) is 0 Å². The van der Waals surface area contributed by atoms with E-state index in [0.29, 0.717) is 11.1 Å². The number of carbonyl (C=O) groups is 1. The van der Waals surface area contributed by atoms with Gasteiger partial charge in [0.1, 0.15) is 0 Å². The minimum atomic E-state index is -0.174. The normalized spacial score (nSPS) is 28.0. The van der Waals surface area contributed by atoms with Crippen molar-refractivity contribution in [2.75, 3.05) is 0 Å². The van der Waals surface area contributed by atoms with Crippen molar-refractivity contribution in [1.29, 1.82) is 0 Å². The second-order valence-electron chi connectivity index (χ2n) is 7.70. The van der Waals surface area contributed by atoms with Crippen molar-refractivity contribution in [3.8, 4) is 0 Å². The summed E-state index contributed by atoms with van der Waals surface area (Å²) in [6, 6.07) is 0.276. The number of hydrogen-bond donors (Lipinski definition) is 1. The van der Waals surface area contributed by atoms with E-state index in [2.05, 4.69) is 22.2 Å². The molecule has 2 saturated carbocycles. The topological polar surface area (TPSA) is 54.9 Å². The van der Waals surface area contributed by atoms with Crippen molar-refractivity contribution >= 4 is 17.7 Å².